The molecule has 7 nitrogen and oxygen atoms in total. The number of nitrogen functional groups attached to an aromatic ring is 1. The third-order valence-corrected chi connectivity index (χ3v) is 3.79. The molecule has 0 aliphatic heterocycles. The van der Waals surface area contributed by atoms with E-state index in [0.29, 0.717) is 33.9 Å². The fourth-order valence-electron chi connectivity index (χ4n) is 2.47. The van der Waals surface area contributed by atoms with Crippen molar-refractivity contribution in [3.8, 4) is 11.3 Å². The summed E-state index contributed by atoms with van der Waals surface area (Å²) >= 11 is 0. The highest BCUT2D eigenvalue weighted by Crippen LogP contribution is 2.26. The van der Waals surface area contributed by atoms with Gasteiger partial charge in [-0.2, -0.15) is 5.10 Å². The van der Waals surface area contributed by atoms with Crippen LogP contribution in [0.3, 0.4) is 0 Å². The van der Waals surface area contributed by atoms with Gasteiger partial charge in [-0.05, 0) is 30.3 Å². The summed E-state index contributed by atoms with van der Waals surface area (Å²) in [5.41, 5.74) is 9.84. The van der Waals surface area contributed by atoms with E-state index in [0.717, 1.165) is 0 Å². The van der Waals surface area contributed by atoms with Crippen LogP contribution in [0.25, 0.3) is 11.3 Å². The summed E-state index contributed by atoms with van der Waals surface area (Å²) in [5.74, 6) is 0.0131. The van der Waals surface area contributed by atoms with Crippen LogP contribution in [-0.2, 0) is 4.74 Å². The molecule has 1 amide bonds. The molecule has 3 aromatic rings. The van der Waals surface area contributed by atoms with Gasteiger partial charge in [-0.1, -0.05) is 30.3 Å². The second-order valence-electron chi connectivity index (χ2n) is 5.53. The van der Waals surface area contributed by atoms with Crippen molar-refractivity contribution < 1.29 is 18.7 Å². The number of carbonyl (C=O) groups is 2. The lowest BCUT2D eigenvalue weighted by molar-refractivity contribution is 0.0601. The first-order valence-corrected chi connectivity index (χ1v) is 8.05. The minimum Gasteiger partial charge on any atom is -0.465 e. The minimum atomic E-state index is -0.454. The van der Waals surface area contributed by atoms with E-state index < -0.39 is 11.9 Å². The Bertz CT molecular complexity index is 1010. The van der Waals surface area contributed by atoms with Crippen LogP contribution in [0.15, 0.2) is 70.2 Å². The third-order valence-electron chi connectivity index (χ3n) is 3.79. The molecular formula is C20H17N3O4. The number of nitrogens with two attached hydrogens (primary N) is 1. The number of furan rings is 1. The third kappa shape index (κ3) is 4.04. The number of ether oxygens (including phenoxy) is 1. The Morgan fingerprint density at radius 1 is 1.04 bits per heavy atom. The Hall–Kier alpha value is -3.87. The molecule has 7 heteroatoms. The molecule has 0 bridgehead atoms. The van der Waals surface area contributed by atoms with Crippen molar-refractivity contribution in [1.29, 1.82) is 0 Å². The highest BCUT2D eigenvalue weighted by molar-refractivity contribution is 5.99. The Morgan fingerprint density at radius 2 is 1.74 bits per heavy atom. The Kier molecular flexibility index (Phi) is 5.32. The van der Waals surface area contributed by atoms with E-state index in [2.05, 4.69) is 10.5 Å². The zero-order valence-electron chi connectivity index (χ0n) is 14.5. The monoisotopic (exact) mass is 363 g/mol. The average Bonchev–Trinajstić information content (AvgIpc) is 3.16. The first-order chi connectivity index (χ1) is 13.1. The summed E-state index contributed by atoms with van der Waals surface area (Å²) in [6.07, 6.45) is 1.36. The fraction of sp³-hybridized carbons (Fsp3) is 0.0500. The molecule has 0 unspecified atom stereocenters. The number of nitrogens with zero attached hydrogens (tertiary/aromatic N) is 1. The molecule has 0 saturated carbocycles. The highest BCUT2D eigenvalue weighted by Gasteiger charge is 2.15. The maximum Gasteiger partial charge on any atom is 0.338 e. The quantitative estimate of drug-likeness (QED) is 0.313. The van der Waals surface area contributed by atoms with Gasteiger partial charge in [0, 0.05) is 11.3 Å². The number of para-hydroxylation sites is 1. The topological polar surface area (TPSA) is 107 Å². The number of rotatable bonds is 5. The second-order valence-corrected chi connectivity index (χ2v) is 5.53. The minimum absolute atomic E-state index is 0.335. The number of esters is 1. The van der Waals surface area contributed by atoms with Crippen molar-refractivity contribution in [2.75, 3.05) is 12.8 Å². The summed E-state index contributed by atoms with van der Waals surface area (Å²) in [4.78, 5) is 23.9. The van der Waals surface area contributed by atoms with E-state index in [1.807, 2.05) is 0 Å². The second kappa shape index (κ2) is 8.01. The molecule has 2 aromatic carbocycles. The van der Waals surface area contributed by atoms with Gasteiger partial charge in [0.2, 0.25) is 0 Å². The van der Waals surface area contributed by atoms with Gasteiger partial charge in [0.1, 0.15) is 11.5 Å². The van der Waals surface area contributed by atoms with Crippen LogP contribution in [0.2, 0.25) is 0 Å². The highest BCUT2D eigenvalue weighted by atomic mass is 16.5. The number of amides is 1. The lowest BCUT2D eigenvalue weighted by atomic mass is 10.1. The molecule has 0 saturated heterocycles. The predicted octanol–water partition coefficient (Wildman–Crippen LogP) is 3.08. The number of anilines is 1. The first kappa shape index (κ1) is 17.9. The fourth-order valence-corrected chi connectivity index (χ4v) is 2.47. The SMILES string of the molecule is COC(=O)c1ccccc1-c1ccc(/C=N\NC(=O)c2ccccc2N)o1. The lowest BCUT2D eigenvalue weighted by Gasteiger charge is -2.04. The van der Waals surface area contributed by atoms with E-state index in [1.165, 1.54) is 13.3 Å². The molecule has 1 aromatic heterocycles. The van der Waals surface area contributed by atoms with Gasteiger partial charge in [-0.15, -0.1) is 0 Å². The number of hydrogen-bond donors (Lipinski definition) is 2. The summed E-state index contributed by atoms with van der Waals surface area (Å²) in [6.45, 7) is 0. The van der Waals surface area contributed by atoms with Crippen molar-refractivity contribution in [3.05, 3.63) is 77.6 Å². The average molecular weight is 363 g/mol. The van der Waals surface area contributed by atoms with Crippen LogP contribution < -0.4 is 11.2 Å². The Morgan fingerprint density at radius 3 is 2.48 bits per heavy atom. The first-order valence-electron chi connectivity index (χ1n) is 8.05. The maximum absolute atomic E-state index is 12.0. The van der Waals surface area contributed by atoms with Gasteiger partial charge in [0.15, 0.2) is 0 Å². The molecule has 136 valence electrons. The van der Waals surface area contributed by atoms with Crippen molar-refractivity contribution in [1.82, 2.24) is 5.43 Å². The summed E-state index contributed by atoms with van der Waals surface area (Å²) in [6, 6.07) is 17.0. The normalized spacial score (nSPS) is 10.7. The smallest absolute Gasteiger partial charge is 0.338 e. The van der Waals surface area contributed by atoms with Crippen LogP contribution in [0.4, 0.5) is 5.69 Å². The lowest BCUT2D eigenvalue weighted by Crippen LogP contribution is -2.18. The van der Waals surface area contributed by atoms with Crippen LogP contribution >= 0.6 is 0 Å². The number of nitrogens with one attached hydrogen (secondary N) is 1. The number of benzene rings is 2. The Balaban J connectivity index is 1.74. The molecule has 0 aliphatic rings. The summed E-state index contributed by atoms with van der Waals surface area (Å²) in [7, 11) is 1.32. The number of carbonyl (C=O) groups excluding carboxylic acids is 2. The van der Waals surface area contributed by atoms with Crippen LogP contribution in [0.5, 0.6) is 0 Å². The van der Waals surface area contributed by atoms with Gasteiger partial charge in [-0.25, -0.2) is 10.2 Å². The van der Waals surface area contributed by atoms with Crippen molar-refractivity contribution in [2.45, 2.75) is 0 Å². The van der Waals surface area contributed by atoms with Gasteiger partial charge in [0.05, 0.1) is 24.5 Å². The van der Waals surface area contributed by atoms with Crippen molar-refractivity contribution in [2.24, 2.45) is 5.10 Å². The van der Waals surface area contributed by atoms with E-state index in [1.54, 1.807) is 60.7 Å². The van der Waals surface area contributed by atoms with Gasteiger partial charge in [0.25, 0.3) is 5.91 Å². The molecule has 0 aliphatic carbocycles. The van der Waals surface area contributed by atoms with Crippen LogP contribution in [-0.4, -0.2) is 25.2 Å². The summed E-state index contributed by atoms with van der Waals surface area (Å²) < 4.78 is 10.5. The number of hydrazone groups is 1. The van der Waals surface area contributed by atoms with Crippen molar-refractivity contribution >= 4 is 23.8 Å². The van der Waals surface area contributed by atoms with E-state index in [9.17, 15) is 9.59 Å². The Labute approximate surface area is 155 Å². The van der Waals surface area contributed by atoms with Crippen LogP contribution in [0.1, 0.15) is 26.5 Å². The predicted molar refractivity (Wildman–Crippen MR) is 101 cm³/mol. The zero-order chi connectivity index (χ0) is 19.2. The number of methoxy groups -OCH3 is 1. The molecular weight excluding hydrogens is 346 g/mol. The number of hydrogen-bond acceptors (Lipinski definition) is 6. The molecule has 0 atom stereocenters. The molecule has 1 heterocycles. The molecule has 3 N–H and O–H groups in total. The van der Waals surface area contributed by atoms with Gasteiger partial charge >= 0.3 is 5.97 Å². The molecule has 3 rings (SSSR count). The van der Waals surface area contributed by atoms with Crippen molar-refractivity contribution in [3.63, 3.8) is 0 Å². The van der Waals surface area contributed by atoms with E-state index in [-0.39, 0.29) is 0 Å². The molecule has 0 radical (unpaired) electrons. The van der Waals surface area contributed by atoms with E-state index in [4.69, 9.17) is 14.9 Å². The van der Waals surface area contributed by atoms with Crippen LogP contribution in [0, 0.1) is 0 Å². The maximum atomic E-state index is 12.0. The van der Waals surface area contributed by atoms with Gasteiger partial charge < -0.3 is 14.9 Å². The molecule has 0 fully saturated rings. The largest absolute Gasteiger partial charge is 0.465 e. The zero-order valence-corrected chi connectivity index (χ0v) is 14.5. The van der Waals surface area contributed by atoms with E-state index >= 15 is 0 Å². The molecule has 27 heavy (non-hydrogen) atoms. The van der Waals surface area contributed by atoms with Gasteiger partial charge in [-0.3, -0.25) is 4.79 Å². The summed E-state index contributed by atoms with van der Waals surface area (Å²) in [5, 5.41) is 3.87. The standard InChI is InChI=1S/C20H17N3O4/c1-26-20(25)15-7-3-2-6-14(15)18-11-10-13(27-18)12-22-23-19(24)16-8-4-5-9-17(16)21/h2-12H,21H2,1H3,(H,23,24)/b22-12-. The molecule has 0 spiro atoms.